The van der Waals surface area contributed by atoms with Crippen LogP contribution in [-0.2, 0) is 0 Å². The Labute approximate surface area is 131 Å². The Morgan fingerprint density at radius 3 is 2.50 bits per heavy atom. The van der Waals surface area contributed by atoms with E-state index in [1.54, 1.807) is 6.07 Å². The number of rotatable bonds is 2. The Bertz CT molecular complexity index is 603. The molecule has 0 radical (unpaired) electrons. The number of hydrogen-bond acceptors (Lipinski definition) is 2. The molecular weight excluding hydrogens is 368 g/mol. The summed E-state index contributed by atoms with van der Waals surface area (Å²) in [5, 5.41) is 0. The lowest BCUT2D eigenvalue weighted by Gasteiger charge is -2.34. The quantitative estimate of drug-likeness (QED) is 0.803. The number of aromatic nitrogens is 1. The second kappa shape index (κ2) is 5.73. The van der Waals surface area contributed by atoms with Crippen molar-refractivity contribution < 1.29 is 4.39 Å². The van der Waals surface area contributed by atoms with Crippen LogP contribution >= 0.6 is 22.6 Å². The van der Waals surface area contributed by atoms with Crippen LogP contribution in [0.1, 0.15) is 0 Å². The molecule has 0 atom stereocenters. The van der Waals surface area contributed by atoms with Gasteiger partial charge in [0.1, 0.15) is 5.82 Å². The molecule has 3 nitrogen and oxygen atoms in total. The third-order valence-corrected chi connectivity index (χ3v) is 4.37. The Kier molecular flexibility index (Phi) is 3.98. The summed E-state index contributed by atoms with van der Waals surface area (Å²) in [6.45, 7) is 3.73. The third kappa shape index (κ3) is 2.83. The highest BCUT2D eigenvalue weighted by Gasteiger charge is 2.17. The fourth-order valence-electron chi connectivity index (χ4n) is 2.51. The van der Waals surface area contributed by atoms with E-state index in [0.29, 0.717) is 5.69 Å². The lowest BCUT2D eigenvalue weighted by atomic mass is 10.1. The van der Waals surface area contributed by atoms with Gasteiger partial charge in [-0.2, -0.15) is 0 Å². The van der Waals surface area contributed by atoms with Crippen molar-refractivity contribution in [2.75, 3.05) is 38.1 Å². The van der Waals surface area contributed by atoms with Crippen LogP contribution in [0.25, 0.3) is 11.3 Å². The van der Waals surface area contributed by atoms with E-state index in [-0.39, 0.29) is 5.82 Å². The molecule has 1 aliphatic rings. The van der Waals surface area contributed by atoms with E-state index in [9.17, 15) is 4.39 Å². The SMILES string of the molecule is CN1CCN(c2ccc(-c3cc(I)c[nH]3)cc2F)CC1. The Balaban J connectivity index is 1.84. The molecule has 0 aliphatic carbocycles. The highest BCUT2D eigenvalue weighted by molar-refractivity contribution is 14.1. The van der Waals surface area contributed by atoms with Crippen molar-refractivity contribution in [3.05, 3.63) is 39.8 Å². The maximum Gasteiger partial charge on any atom is 0.147 e. The molecule has 1 N–H and O–H groups in total. The van der Waals surface area contributed by atoms with Crippen LogP contribution < -0.4 is 4.90 Å². The van der Waals surface area contributed by atoms with Gasteiger partial charge in [-0.1, -0.05) is 6.07 Å². The first-order valence-electron chi connectivity index (χ1n) is 6.71. The van der Waals surface area contributed by atoms with E-state index in [0.717, 1.165) is 41.0 Å². The summed E-state index contributed by atoms with van der Waals surface area (Å²) in [5.74, 6) is -0.142. The summed E-state index contributed by atoms with van der Waals surface area (Å²) in [4.78, 5) is 7.55. The number of nitrogens with one attached hydrogen (secondary N) is 1. The Morgan fingerprint density at radius 1 is 1.15 bits per heavy atom. The monoisotopic (exact) mass is 385 g/mol. The molecule has 0 bridgehead atoms. The molecule has 1 aliphatic heterocycles. The van der Waals surface area contributed by atoms with Crippen molar-refractivity contribution in [3.63, 3.8) is 0 Å². The van der Waals surface area contributed by atoms with Crippen LogP contribution in [0.3, 0.4) is 0 Å². The summed E-state index contributed by atoms with van der Waals surface area (Å²) in [6.07, 6.45) is 1.92. The summed E-state index contributed by atoms with van der Waals surface area (Å²) in [5.41, 5.74) is 2.56. The van der Waals surface area contributed by atoms with Gasteiger partial charge in [-0.25, -0.2) is 4.39 Å². The smallest absolute Gasteiger partial charge is 0.147 e. The van der Waals surface area contributed by atoms with Crippen LogP contribution in [0.5, 0.6) is 0 Å². The van der Waals surface area contributed by atoms with E-state index in [2.05, 4.69) is 44.4 Å². The van der Waals surface area contributed by atoms with Crippen molar-refractivity contribution in [3.8, 4) is 11.3 Å². The molecule has 0 saturated carbocycles. The van der Waals surface area contributed by atoms with Crippen LogP contribution in [-0.4, -0.2) is 43.1 Å². The highest BCUT2D eigenvalue weighted by Crippen LogP contribution is 2.27. The molecule has 0 unspecified atom stereocenters. The maximum atomic E-state index is 14.4. The minimum absolute atomic E-state index is 0.142. The van der Waals surface area contributed by atoms with Gasteiger partial charge >= 0.3 is 0 Å². The van der Waals surface area contributed by atoms with E-state index in [4.69, 9.17) is 0 Å². The van der Waals surface area contributed by atoms with Gasteiger partial charge in [0.05, 0.1) is 5.69 Å². The minimum Gasteiger partial charge on any atom is -0.367 e. The number of hydrogen-bond donors (Lipinski definition) is 1. The molecule has 3 rings (SSSR count). The van der Waals surface area contributed by atoms with Crippen molar-refractivity contribution in [1.82, 2.24) is 9.88 Å². The van der Waals surface area contributed by atoms with Crippen LogP contribution in [0.15, 0.2) is 30.5 Å². The van der Waals surface area contributed by atoms with Gasteiger partial charge in [-0.3, -0.25) is 0 Å². The summed E-state index contributed by atoms with van der Waals surface area (Å²) in [6, 6.07) is 7.52. The largest absolute Gasteiger partial charge is 0.367 e. The van der Waals surface area contributed by atoms with Crippen molar-refractivity contribution >= 4 is 28.3 Å². The first kappa shape index (κ1) is 13.9. The number of piperazine rings is 1. The van der Waals surface area contributed by atoms with Crippen molar-refractivity contribution in [2.45, 2.75) is 0 Å². The van der Waals surface area contributed by atoms with Crippen molar-refractivity contribution in [1.29, 1.82) is 0 Å². The fraction of sp³-hybridized carbons (Fsp3) is 0.333. The van der Waals surface area contributed by atoms with Gasteiger partial charge < -0.3 is 14.8 Å². The maximum absolute atomic E-state index is 14.4. The van der Waals surface area contributed by atoms with Gasteiger partial charge in [-0.05, 0) is 47.8 Å². The van der Waals surface area contributed by atoms with Gasteiger partial charge in [0, 0.05) is 47.2 Å². The van der Waals surface area contributed by atoms with E-state index >= 15 is 0 Å². The molecule has 1 aromatic carbocycles. The average Bonchev–Trinajstić information content (AvgIpc) is 2.87. The molecule has 1 fully saturated rings. The topological polar surface area (TPSA) is 22.3 Å². The van der Waals surface area contributed by atoms with Gasteiger partial charge in [0.15, 0.2) is 0 Å². The number of H-pyrrole nitrogens is 1. The molecule has 2 aromatic rings. The number of anilines is 1. The zero-order valence-electron chi connectivity index (χ0n) is 11.4. The fourth-order valence-corrected chi connectivity index (χ4v) is 2.98. The van der Waals surface area contributed by atoms with E-state index < -0.39 is 0 Å². The van der Waals surface area contributed by atoms with Crippen molar-refractivity contribution in [2.24, 2.45) is 0 Å². The van der Waals surface area contributed by atoms with E-state index in [1.807, 2.05) is 24.4 Å². The van der Waals surface area contributed by atoms with Crippen LogP contribution in [0, 0.1) is 9.39 Å². The number of aromatic amines is 1. The first-order chi connectivity index (χ1) is 9.63. The van der Waals surface area contributed by atoms with Gasteiger partial charge in [-0.15, -0.1) is 0 Å². The number of nitrogens with zero attached hydrogens (tertiary/aromatic N) is 2. The Hall–Kier alpha value is -1.08. The van der Waals surface area contributed by atoms with Gasteiger partial charge in [0.25, 0.3) is 0 Å². The predicted octanol–water partition coefficient (Wildman–Crippen LogP) is 3.18. The van der Waals surface area contributed by atoms with Crippen LogP contribution in [0.4, 0.5) is 10.1 Å². The average molecular weight is 385 g/mol. The minimum atomic E-state index is -0.142. The second-order valence-corrected chi connectivity index (χ2v) is 6.43. The lowest BCUT2D eigenvalue weighted by Crippen LogP contribution is -2.44. The third-order valence-electron chi connectivity index (χ3n) is 3.75. The first-order valence-corrected chi connectivity index (χ1v) is 7.79. The molecule has 0 spiro atoms. The standard InChI is InChI=1S/C15H17FIN3/c1-19-4-6-20(7-5-19)15-3-2-11(8-13(15)16)14-9-12(17)10-18-14/h2-3,8-10,18H,4-7H2,1H3. The molecule has 0 amide bonds. The normalized spacial score (nSPS) is 16.6. The zero-order valence-corrected chi connectivity index (χ0v) is 13.5. The predicted molar refractivity (Wildman–Crippen MR) is 88.6 cm³/mol. The van der Waals surface area contributed by atoms with Gasteiger partial charge in [0.2, 0.25) is 0 Å². The number of halogens is 2. The molecule has 1 aromatic heterocycles. The molecule has 2 heterocycles. The van der Waals surface area contributed by atoms with E-state index in [1.165, 1.54) is 0 Å². The van der Waals surface area contributed by atoms with Crippen LogP contribution in [0.2, 0.25) is 0 Å². The Morgan fingerprint density at radius 2 is 1.90 bits per heavy atom. The summed E-state index contributed by atoms with van der Waals surface area (Å²) in [7, 11) is 2.10. The highest BCUT2D eigenvalue weighted by atomic mass is 127. The second-order valence-electron chi connectivity index (χ2n) is 5.19. The number of likely N-dealkylation sites (N-methyl/N-ethyl adjacent to an activating group) is 1. The summed E-state index contributed by atoms with van der Waals surface area (Å²) < 4.78 is 15.5. The summed E-state index contributed by atoms with van der Waals surface area (Å²) >= 11 is 2.24. The molecule has 20 heavy (non-hydrogen) atoms. The molecule has 1 saturated heterocycles. The number of benzene rings is 1. The molecule has 5 heteroatoms. The molecule has 106 valence electrons. The molecular formula is C15H17FIN3. The zero-order chi connectivity index (χ0) is 14.1. The lowest BCUT2D eigenvalue weighted by molar-refractivity contribution is 0.311.